The molecule has 9 unspecified atom stereocenters. The number of furan rings is 1. The molecule has 262 valence electrons. The number of rotatable bonds is 6. The molecule has 7 rings (SSSR count). The molecule has 2 saturated heterocycles. The van der Waals surface area contributed by atoms with Crippen LogP contribution in [0.3, 0.4) is 0 Å². The van der Waals surface area contributed by atoms with Crippen LogP contribution in [-0.2, 0) is 38.1 Å². The summed E-state index contributed by atoms with van der Waals surface area (Å²) in [6.07, 6.45) is 3.23. The van der Waals surface area contributed by atoms with Gasteiger partial charge < -0.3 is 33.2 Å². The van der Waals surface area contributed by atoms with E-state index in [1.165, 1.54) is 19.9 Å². The van der Waals surface area contributed by atoms with E-state index < -0.39 is 76.9 Å². The quantitative estimate of drug-likeness (QED) is 0.175. The first kappa shape index (κ1) is 33.8. The van der Waals surface area contributed by atoms with Gasteiger partial charge in [-0.3, -0.25) is 9.59 Å². The third kappa shape index (κ3) is 5.29. The van der Waals surface area contributed by atoms with Gasteiger partial charge in [-0.15, -0.1) is 0 Å². The summed E-state index contributed by atoms with van der Waals surface area (Å²) < 4.78 is 37.5. The Morgan fingerprint density at radius 3 is 2.33 bits per heavy atom. The first-order chi connectivity index (χ1) is 23.3. The van der Waals surface area contributed by atoms with Crippen molar-refractivity contribution in [1.29, 1.82) is 0 Å². The van der Waals surface area contributed by atoms with Crippen LogP contribution in [0.15, 0.2) is 70.6 Å². The van der Waals surface area contributed by atoms with Gasteiger partial charge in [-0.05, 0) is 48.1 Å². The lowest BCUT2D eigenvalue weighted by Gasteiger charge is -2.66. The average Bonchev–Trinajstić information content (AvgIpc) is 3.76. The molecule has 1 N–H and O–H groups in total. The van der Waals surface area contributed by atoms with Gasteiger partial charge in [0, 0.05) is 60.8 Å². The molecule has 4 fully saturated rings. The molecular formula is C39H46O10. The van der Waals surface area contributed by atoms with Crippen molar-refractivity contribution >= 4 is 24.0 Å². The zero-order valence-electron chi connectivity index (χ0n) is 28.9. The van der Waals surface area contributed by atoms with Crippen LogP contribution in [0.25, 0.3) is 6.08 Å². The molecule has 12 atom stereocenters. The number of carbonyl (C=O) groups excluding carboxylic acids is 3. The summed E-state index contributed by atoms with van der Waals surface area (Å²) in [5, 5.41) is 11.6. The van der Waals surface area contributed by atoms with Gasteiger partial charge in [0.2, 0.25) is 0 Å². The predicted octanol–water partition coefficient (Wildman–Crippen LogP) is 5.75. The number of hydrogen-bond acceptors (Lipinski definition) is 10. The molecule has 2 aliphatic heterocycles. The van der Waals surface area contributed by atoms with Gasteiger partial charge in [0.1, 0.15) is 18.3 Å². The first-order valence-electron chi connectivity index (χ1n) is 17.2. The van der Waals surface area contributed by atoms with E-state index in [-0.39, 0.29) is 31.3 Å². The summed E-state index contributed by atoms with van der Waals surface area (Å²) in [5.74, 6) is -2.25. The van der Waals surface area contributed by atoms with Crippen molar-refractivity contribution in [2.45, 2.75) is 104 Å². The minimum atomic E-state index is -1.14. The molecule has 0 amide bonds. The smallest absolute Gasteiger partial charge is 0.331 e. The Morgan fingerprint density at radius 2 is 1.65 bits per heavy atom. The van der Waals surface area contributed by atoms with Gasteiger partial charge in [-0.1, -0.05) is 56.7 Å². The normalized spacial score (nSPS) is 41.0. The van der Waals surface area contributed by atoms with Crippen molar-refractivity contribution in [2.24, 2.45) is 28.1 Å². The highest BCUT2D eigenvalue weighted by Crippen LogP contribution is 2.72. The summed E-state index contributed by atoms with van der Waals surface area (Å²) in [7, 11) is 0. The number of fused-ring (bicyclic) bond motifs is 4. The summed E-state index contributed by atoms with van der Waals surface area (Å²) in [5.41, 5.74) is 1.45. The number of benzene rings is 1. The van der Waals surface area contributed by atoms with Gasteiger partial charge in [0.15, 0.2) is 6.29 Å². The Bertz CT molecular complexity index is 1660. The molecular weight excluding hydrogens is 628 g/mol. The van der Waals surface area contributed by atoms with Crippen molar-refractivity contribution in [3.63, 3.8) is 0 Å². The molecule has 10 nitrogen and oxygen atoms in total. The van der Waals surface area contributed by atoms with Crippen molar-refractivity contribution in [1.82, 2.24) is 0 Å². The molecule has 2 saturated carbocycles. The predicted molar refractivity (Wildman–Crippen MR) is 176 cm³/mol. The van der Waals surface area contributed by atoms with E-state index in [0.717, 1.165) is 22.3 Å². The Kier molecular flexibility index (Phi) is 8.44. The van der Waals surface area contributed by atoms with Crippen LogP contribution in [0.1, 0.15) is 77.8 Å². The molecule has 1 aromatic carbocycles. The minimum Gasteiger partial charge on any atom is -0.472 e. The van der Waals surface area contributed by atoms with E-state index in [9.17, 15) is 19.5 Å². The fourth-order valence-electron chi connectivity index (χ4n) is 10.8. The first-order valence-corrected chi connectivity index (χ1v) is 17.2. The number of carbonyl (C=O) groups is 3. The summed E-state index contributed by atoms with van der Waals surface area (Å²) >= 11 is 0. The molecule has 0 radical (unpaired) electrons. The Morgan fingerprint density at radius 1 is 0.939 bits per heavy atom. The standard InChI is InChI=1S/C39H46O10/c1-21-26(25-14-15-44-19-25)16-27-33(21)39(6)28(17-32(43)48-27)38(5)30(47-23(3)41)18-29(46-22(2)40)37(4)20-45-34(35(37)38)36(39)49-31(42)13-12-24-10-8-7-9-11-24/h7-15,19,26-30,32,34-36,43H,16-18,20H2,1-6H3/b13-12+/t26?,27?,28?,29?,30?,32?,34?,35?,36?,37-,38+,39-/m1/s1. The van der Waals surface area contributed by atoms with Crippen molar-refractivity contribution in [2.75, 3.05) is 6.61 Å². The fraction of sp³-hybridized carbons (Fsp3) is 0.564. The molecule has 2 aromatic rings. The Balaban J connectivity index is 1.42. The zero-order valence-corrected chi connectivity index (χ0v) is 28.9. The van der Waals surface area contributed by atoms with Crippen molar-refractivity contribution < 1.29 is 47.6 Å². The van der Waals surface area contributed by atoms with E-state index in [1.54, 1.807) is 18.6 Å². The maximum Gasteiger partial charge on any atom is 0.331 e. The van der Waals surface area contributed by atoms with Crippen LogP contribution in [0.5, 0.6) is 0 Å². The monoisotopic (exact) mass is 674 g/mol. The third-order valence-electron chi connectivity index (χ3n) is 12.6. The molecule has 10 heteroatoms. The van der Waals surface area contributed by atoms with Gasteiger partial charge in [0.25, 0.3) is 0 Å². The molecule has 0 spiro atoms. The van der Waals surface area contributed by atoms with Crippen molar-refractivity contribution in [3.8, 4) is 0 Å². The lowest BCUT2D eigenvalue weighted by Crippen LogP contribution is -2.72. The third-order valence-corrected chi connectivity index (χ3v) is 12.6. The highest BCUT2D eigenvalue weighted by molar-refractivity contribution is 5.87. The topological polar surface area (TPSA) is 131 Å². The molecule has 0 bridgehead atoms. The Labute approximate surface area is 286 Å². The fourth-order valence-corrected chi connectivity index (χ4v) is 10.8. The largest absolute Gasteiger partial charge is 0.472 e. The SMILES string of the molecule is CC(=O)OC1CC(OC(C)=O)[C@@]2(C)C3C(OC[C@]13C)C(OC(=O)/C=C/c1ccccc1)[C@@]1(C)C3=C(C)C(c4ccoc4)CC3OC(O)CC12. The number of aliphatic hydroxyl groups excluding tert-OH is 1. The molecule has 1 aromatic heterocycles. The van der Waals surface area contributed by atoms with E-state index in [4.69, 9.17) is 28.1 Å². The van der Waals surface area contributed by atoms with Gasteiger partial charge in [0.05, 0.1) is 31.3 Å². The number of ether oxygens (including phenoxy) is 5. The Hall–Kier alpha value is -3.73. The number of allylic oxidation sites excluding steroid dienone is 1. The zero-order chi connectivity index (χ0) is 34.9. The van der Waals surface area contributed by atoms with E-state index in [2.05, 4.69) is 20.8 Å². The summed E-state index contributed by atoms with van der Waals surface area (Å²) in [6.45, 7) is 11.3. The van der Waals surface area contributed by atoms with Gasteiger partial charge in [-0.2, -0.15) is 0 Å². The number of hydrogen-bond donors (Lipinski definition) is 1. The molecule has 5 aliphatic rings. The lowest BCUT2D eigenvalue weighted by atomic mass is 9.39. The van der Waals surface area contributed by atoms with Crippen LogP contribution >= 0.6 is 0 Å². The van der Waals surface area contributed by atoms with Crippen LogP contribution < -0.4 is 0 Å². The second kappa shape index (κ2) is 12.2. The average molecular weight is 675 g/mol. The minimum absolute atomic E-state index is 0.0416. The summed E-state index contributed by atoms with van der Waals surface area (Å²) in [6, 6.07) is 11.5. The maximum absolute atomic E-state index is 13.9. The second-order valence-corrected chi connectivity index (χ2v) is 15.3. The van der Waals surface area contributed by atoms with Crippen molar-refractivity contribution in [3.05, 3.63) is 77.3 Å². The lowest BCUT2D eigenvalue weighted by molar-refractivity contribution is -0.261. The summed E-state index contributed by atoms with van der Waals surface area (Å²) in [4.78, 5) is 39.1. The van der Waals surface area contributed by atoms with E-state index >= 15 is 0 Å². The van der Waals surface area contributed by atoms with Gasteiger partial charge >= 0.3 is 17.9 Å². The van der Waals surface area contributed by atoms with E-state index in [1.807, 2.05) is 43.3 Å². The number of aliphatic hydroxyl groups is 1. The second-order valence-electron chi connectivity index (χ2n) is 15.3. The van der Waals surface area contributed by atoms with Crippen LogP contribution in [0.4, 0.5) is 0 Å². The highest BCUT2D eigenvalue weighted by atomic mass is 16.6. The molecule has 3 heterocycles. The number of esters is 3. The van der Waals surface area contributed by atoms with Crippen LogP contribution in [0.2, 0.25) is 0 Å². The molecule has 3 aliphatic carbocycles. The van der Waals surface area contributed by atoms with E-state index in [0.29, 0.717) is 6.42 Å². The van der Waals surface area contributed by atoms with Crippen LogP contribution in [0, 0.1) is 28.1 Å². The van der Waals surface area contributed by atoms with Gasteiger partial charge in [-0.25, -0.2) is 4.79 Å². The maximum atomic E-state index is 13.9. The molecule has 49 heavy (non-hydrogen) atoms. The van der Waals surface area contributed by atoms with Crippen LogP contribution in [-0.4, -0.2) is 66.4 Å². The highest BCUT2D eigenvalue weighted by Gasteiger charge is 2.77.